The molecular formula is C18H19NO. The number of ether oxygens (including phenoxy) is 1. The quantitative estimate of drug-likeness (QED) is 0.840. The Morgan fingerprint density at radius 2 is 1.90 bits per heavy atom. The summed E-state index contributed by atoms with van der Waals surface area (Å²) in [5.74, 6) is 1.10. The summed E-state index contributed by atoms with van der Waals surface area (Å²) in [4.78, 5) is 0. The Kier molecular flexibility index (Phi) is 2.87. The van der Waals surface area contributed by atoms with Crippen LogP contribution in [0.2, 0.25) is 0 Å². The van der Waals surface area contributed by atoms with Crippen LogP contribution in [0.15, 0.2) is 36.4 Å². The molecule has 2 aliphatic rings. The normalized spacial score (nSPS) is 16.6. The fourth-order valence-electron chi connectivity index (χ4n) is 3.26. The second kappa shape index (κ2) is 4.86. The van der Waals surface area contributed by atoms with Gasteiger partial charge in [0.05, 0.1) is 6.61 Å². The third-order valence-corrected chi connectivity index (χ3v) is 4.29. The lowest BCUT2D eigenvalue weighted by atomic mass is 9.94. The highest BCUT2D eigenvalue weighted by Gasteiger charge is 2.17. The van der Waals surface area contributed by atoms with Crippen LogP contribution in [0.1, 0.15) is 24.0 Å². The van der Waals surface area contributed by atoms with Crippen molar-refractivity contribution < 1.29 is 4.74 Å². The smallest absolute Gasteiger partial charge is 0.130 e. The van der Waals surface area contributed by atoms with Crippen molar-refractivity contribution in [3.8, 4) is 16.9 Å². The minimum atomic E-state index is 0.844. The van der Waals surface area contributed by atoms with Crippen LogP contribution in [-0.2, 0) is 12.8 Å². The third kappa shape index (κ3) is 1.96. The molecule has 2 nitrogen and oxygen atoms in total. The van der Waals surface area contributed by atoms with Crippen LogP contribution in [-0.4, -0.2) is 13.2 Å². The maximum Gasteiger partial charge on any atom is 0.130 e. The van der Waals surface area contributed by atoms with Gasteiger partial charge in [0.25, 0.3) is 0 Å². The zero-order chi connectivity index (χ0) is 13.4. The first kappa shape index (κ1) is 11.8. The van der Waals surface area contributed by atoms with Crippen LogP contribution in [0.3, 0.4) is 0 Å². The minimum Gasteiger partial charge on any atom is -0.493 e. The summed E-state index contributed by atoms with van der Waals surface area (Å²) in [6.07, 6.45) is 4.66. The Morgan fingerprint density at radius 1 is 0.950 bits per heavy atom. The molecule has 0 bridgehead atoms. The Balaban J connectivity index is 1.81. The molecule has 2 heteroatoms. The van der Waals surface area contributed by atoms with Gasteiger partial charge in [-0.3, -0.25) is 0 Å². The molecule has 0 radical (unpaired) electrons. The van der Waals surface area contributed by atoms with Crippen LogP contribution < -0.4 is 10.1 Å². The third-order valence-electron chi connectivity index (χ3n) is 4.29. The Bertz CT molecular complexity index is 648. The fourth-order valence-corrected chi connectivity index (χ4v) is 3.26. The summed E-state index contributed by atoms with van der Waals surface area (Å²) >= 11 is 0. The first-order valence-electron chi connectivity index (χ1n) is 7.54. The van der Waals surface area contributed by atoms with E-state index in [1.54, 1.807) is 0 Å². The standard InChI is InChI=1S/C18H19NO/c1-4-13-6-3-11-20-18(13)16(7-1)14-8-9-17-15(12-14)5-2-10-19-17/h1,4,7-9,12,19H,2-3,5-6,10-11H2. The Hall–Kier alpha value is -1.96. The predicted molar refractivity (Wildman–Crippen MR) is 82.5 cm³/mol. The van der Waals surface area contributed by atoms with E-state index in [2.05, 4.69) is 41.7 Å². The van der Waals surface area contributed by atoms with Crippen LogP contribution in [0.4, 0.5) is 5.69 Å². The Labute approximate surface area is 119 Å². The van der Waals surface area contributed by atoms with Crippen molar-refractivity contribution in [2.45, 2.75) is 25.7 Å². The van der Waals surface area contributed by atoms with Crippen molar-refractivity contribution in [2.75, 3.05) is 18.5 Å². The molecule has 0 aromatic heterocycles. The number of anilines is 1. The Morgan fingerprint density at radius 3 is 2.90 bits per heavy atom. The molecule has 0 spiro atoms. The highest BCUT2D eigenvalue weighted by molar-refractivity contribution is 5.75. The van der Waals surface area contributed by atoms with E-state index in [4.69, 9.17) is 4.74 Å². The SMILES string of the molecule is c1cc2c(c(-c3ccc4c(c3)CCCN4)c1)OCCC2. The average molecular weight is 265 g/mol. The largest absolute Gasteiger partial charge is 0.493 e. The summed E-state index contributed by atoms with van der Waals surface area (Å²) < 4.78 is 5.94. The van der Waals surface area contributed by atoms with Crippen LogP contribution >= 0.6 is 0 Å². The number of hydrogen-bond donors (Lipinski definition) is 1. The van der Waals surface area contributed by atoms with Gasteiger partial charge in [0.1, 0.15) is 5.75 Å². The van der Waals surface area contributed by atoms with E-state index >= 15 is 0 Å². The fraction of sp³-hybridized carbons (Fsp3) is 0.333. The predicted octanol–water partition coefficient (Wildman–Crippen LogP) is 4.04. The van der Waals surface area contributed by atoms with Gasteiger partial charge in [-0.05, 0) is 54.5 Å². The summed E-state index contributed by atoms with van der Waals surface area (Å²) in [5, 5.41) is 3.47. The van der Waals surface area contributed by atoms with Crippen molar-refractivity contribution in [1.29, 1.82) is 0 Å². The molecule has 0 unspecified atom stereocenters. The molecular weight excluding hydrogens is 246 g/mol. The van der Waals surface area contributed by atoms with Gasteiger partial charge in [0, 0.05) is 17.8 Å². The summed E-state index contributed by atoms with van der Waals surface area (Å²) in [6, 6.07) is 13.3. The molecule has 0 saturated heterocycles. The van der Waals surface area contributed by atoms with Gasteiger partial charge in [0.2, 0.25) is 0 Å². The molecule has 0 atom stereocenters. The van der Waals surface area contributed by atoms with Crippen LogP contribution in [0, 0.1) is 0 Å². The van der Waals surface area contributed by atoms with Gasteiger partial charge in [0.15, 0.2) is 0 Å². The van der Waals surface area contributed by atoms with Crippen molar-refractivity contribution >= 4 is 5.69 Å². The highest BCUT2D eigenvalue weighted by Crippen LogP contribution is 2.37. The lowest BCUT2D eigenvalue weighted by Crippen LogP contribution is -2.12. The van der Waals surface area contributed by atoms with Crippen molar-refractivity contribution in [2.24, 2.45) is 0 Å². The van der Waals surface area contributed by atoms with Crippen LogP contribution in [0.25, 0.3) is 11.1 Å². The molecule has 20 heavy (non-hydrogen) atoms. The lowest BCUT2D eigenvalue weighted by Gasteiger charge is -2.22. The minimum absolute atomic E-state index is 0.844. The van der Waals surface area contributed by atoms with E-state index in [9.17, 15) is 0 Å². The monoisotopic (exact) mass is 265 g/mol. The number of fused-ring (bicyclic) bond motifs is 2. The highest BCUT2D eigenvalue weighted by atomic mass is 16.5. The summed E-state index contributed by atoms with van der Waals surface area (Å²) in [5.41, 5.74) is 6.61. The second-order valence-corrected chi connectivity index (χ2v) is 5.65. The molecule has 2 aromatic carbocycles. The number of aryl methyl sites for hydroxylation is 2. The molecule has 1 N–H and O–H groups in total. The molecule has 102 valence electrons. The van der Waals surface area contributed by atoms with Crippen molar-refractivity contribution in [1.82, 2.24) is 0 Å². The first-order valence-corrected chi connectivity index (χ1v) is 7.54. The van der Waals surface area contributed by atoms with Crippen molar-refractivity contribution in [3.63, 3.8) is 0 Å². The number of rotatable bonds is 1. The number of hydrogen-bond acceptors (Lipinski definition) is 2. The number of benzene rings is 2. The molecule has 2 heterocycles. The molecule has 0 fully saturated rings. The molecule has 0 amide bonds. The van der Waals surface area contributed by atoms with E-state index in [0.29, 0.717) is 0 Å². The topological polar surface area (TPSA) is 21.3 Å². The van der Waals surface area contributed by atoms with Gasteiger partial charge in [-0.1, -0.05) is 24.3 Å². The summed E-state index contributed by atoms with van der Waals surface area (Å²) in [7, 11) is 0. The van der Waals surface area contributed by atoms with Gasteiger partial charge < -0.3 is 10.1 Å². The molecule has 2 aromatic rings. The van der Waals surface area contributed by atoms with E-state index in [0.717, 1.165) is 31.7 Å². The second-order valence-electron chi connectivity index (χ2n) is 5.65. The van der Waals surface area contributed by atoms with Gasteiger partial charge in [-0.2, -0.15) is 0 Å². The van der Waals surface area contributed by atoms with Crippen molar-refractivity contribution in [3.05, 3.63) is 47.5 Å². The van der Waals surface area contributed by atoms with Gasteiger partial charge in [-0.15, -0.1) is 0 Å². The van der Waals surface area contributed by atoms with E-state index in [1.165, 1.54) is 40.8 Å². The van der Waals surface area contributed by atoms with E-state index in [-0.39, 0.29) is 0 Å². The number of para-hydroxylation sites is 1. The maximum absolute atomic E-state index is 5.94. The maximum atomic E-state index is 5.94. The molecule has 0 aliphatic carbocycles. The average Bonchev–Trinajstić information content (AvgIpc) is 2.54. The van der Waals surface area contributed by atoms with E-state index < -0.39 is 0 Å². The first-order chi connectivity index (χ1) is 9.92. The molecule has 0 saturated carbocycles. The zero-order valence-corrected chi connectivity index (χ0v) is 11.6. The number of nitrogens with one attached hydrogen (secondary N) is 1. The lowest BCUT2D eigenvalue weighted by molar-refractivity contribution is 0.289. The van der Waals surface area contributed by atoms with Crippen LogP contribution in [0.5, 0.6) is 5.75 Å². The molecule has 2 aliphatic heterocycles. The van der Waals surface area contributed by atoms with E-state index in [1.807, 2.05) is 0 Å². The van der Waals surface area contributed by atoms with Gasteiger partial charge >= 0.3 is 0 Å². The van der Waals surface area contributed by atoms with Gasteiger partial charge in [-0.25, -0.2) is 0 Å². The zero-order valence-electron chi connectivity index (χ0n) is 11.6. The summed E-state index contributed by atoms with van der Waals surface area (Å²) in [6.45, 7) is 1.94. The molecule has 4 rings (SSSR count).